The highest BCUT2D eigenvalue weighted by Gasteiger charge is 2.27. The predicted molar refractivity (Wildman–Crippen MR) is 119 cm³/mol. The van der Waals surface area contributed by atoms with Gasteiger partial charge in [-0.3, -0.25) is 0 Å². The van der Waals surface area contributed by atoms with E-state index in [1.165, 1.54) is 69.6 Å². The molecule has 3 nitrogen and oxygen atoms in total. The van der Waals surface area contributed by atoms with Crippen LogP contribution in [-0.4, -0.2) is 18.7 Å². The van der Waals surface area contributed by atoms with Crippen molar-refractivity contribution in [2.45, 2.75) is 96.7 Å². The van der Waals surface area contributed by atoms with Crippen LogP contribution in [0.1, 0.15) is 94.3 Å². The van der Waals surface area contributed by atoms with Gasteiger partial charge in [0.1, 0.15) is 17.4 Å². The van der Waals surface area contributed by atoms with Gasteiger partial charge in [0.25, 0.3) is 0 Å². The zero-order valence-electron chi connectivity index (χ0n) is 18.5. The van der Waals surface area contributed by atoms with Crippen LogP contribution in [-0.2, 0) is 4.74 Å². The van der Waals surface area contributed by atoms with Gasteiger partial charge in [0.05, 0.1) is 0 Å². The largest absolute Gasteiger partial charge is 0.459 e. The molecule has 2 saturated carbocycles. The molecule has 0 bridgehead atoms. The fraction of sp³-hybridized carbons (Fsp3) is 0.720. The molecule has 6 heteroatoms. The molecule has 174 valence electrons. The second-order valence-corrected chi connectivity index (χ2v) is 9.76. The molecule has 0 amide bonds. The minimum absolute atomic E-state index is 0.00880. The lowest BCUT2D eigenvalue weighted by molar-refractivity contribution is -0.0507. The average molecular weight is 457 g/mol. The van der Waals surface area contributed by atoms with Gasteiger partial charge in [-0.25, -0.2) is 4.79 Å². The monoisotopic (exact) mass is 456 g/mol. The standard InChI is InChI=1S/C25H35ClF2O3/c1-2-3-17-4-6-18(7-5-17)8-9-19-10-13-21(14-11-19)30-24(29)22-15-12-20(26)16-23(22)31-25(27)28/h12,15-19,21,25H,2-11,13-14H2,1H3. The van der Waals surface area contributed by atoms with Crippen molar-refractivity contribution in [3.63, 3.8) is 0 Å². The van der Waals surface area contributed by atoms with Crippen LogP contribution in [0.2, 0.25) is 5.02 Å². The number of carbonyl (C=O) groups is 1. The third kappa shape index (κ3) is 7.62. The van der Waals surface area contributed by atoms with Crippen LogP contribution < -0.4 is 4.74 Å². The average Bonchev–Trinajstić information content (AvgIpc) is 2.74. The summed E-state index contributed by atoms with van der Waals surface area (Å²) in [7, 11) is 0. The number of alkyl halides is 2. The van der Waals surface area contributed by atoms with Gasteiger partial charge in [-0.15, -0.1) is 0 Å². The van der Waals surface area contributed by atoms with Gasteiger partial charge in [0.2, 0.25) is 0 Å². The number of ether oxygens (including phenoxy) is 2. The first-order valence-electron chi connectivity index (χ1n) is 11.9. The van der Waals surface area contributed by atoms with Gasteiger partial charge in [0, 0.05) is 5.02 Å². The first kappa shape index (κ1) is 24.3. The van der Waals surface area contributed by atoms with Gasteiger partial charge in [-0.1, -0.05) is 69.9 Å². The number of hydrogen-bond acceptors (Lipinski definition) is 3. The van der Waals surface area contributed by atoms with E-state index in [0.717, 1.165) is 37.5 Å². The summed E-state index contributed by atoms with van der Waals surface area (Å²) in [5, 5.41) is 0.228. The van der Waals surface area contributed by atoms with Crippen molar-refractivity contribution in [3.8, 4) is 5.75 Å². The van der Waals surface area contributed by atoms with E-state index in [2.05, 4.69) is 11.7 Å². The Morgan fingerprint density at radius 2 is 1.52 bits per heavy atom. The third-order valence-electron chi connectivity index (χ3n) is 7.09. The van der Waals surface area contributed by atoms with Gasteiger partial charge < -0.3 is 9.47 Å². The van der Waals surface area contributed by atoms with Crippen LogP contribution in [0, 0.1) is 17.8 Å². The lowest BCUT2D eigenvalue weighted by Gasteiger charge is -2.32. The summed E-state index contributed by atoms with van der Waals surface area (Å²) in [4.78, 5) is 12.5. The normalized spacial score (nSPS) is 26.6. The molecule has 0 heterocycles. The number of carbonyl (C=O) groups excluding carboxylic acids is 1. The van der Waals surface area contributed by atoms with E-state index < -0.39 is 12.6 Å². The van der Waals surface area contributed by atoms with Crippen molar-refractivity contribution in [2.24, 2.45) is 17.8 Å². The molecule has 0 aromatic heterocycles. The number of esters is 1. The molecule has 0 atom stereocenters. The molecule has 2 aliphatic carbocycles. The molecule has 0 N–H and O–H groups in total. The molecular weight excluding hydrogens is 422 g/mol. The molecule has 31 heavy (non-hydrogen) atoms. The smallest absolute Gasteiger partial charge is 0.387 e. The minimum Gasteiger partial charge on any atom is -0.459 e. The van der Waals surface area contributed by atoms with E-state index in [4.69, 9.17) is 16.3 Å². The Labute approximate surface area is 189 Å². The Morgan fingerprint density at radius 3 is 2.06 bits per heavy atom. The molecular formula is C25H35ClF2O3. The third-order valence-corrected chi connectivity index (χ3v) is 7.33. The van der Waals surface area contributed by atoms with Crippen molar-refractivity contribution < 1.29 is 23.0 Å². The maximum atomic E-state index is 12.6. The summed E-state index contributed by atoms with van der Waals surface area (Å²) in [5.74, 6) is 1.69. The first-order chi connectivity index (χ1) is 14.9. The molecule has 0 unspecified atom stereocenters. The van der Waals surface area contributed by atoms with Gasteiger partial charge in [0.15, 0.2) is 0 Å². The van der Waals surface area contributed by atoms with Crippen LogP contribution in [0.15, 0.2) is 18.2 Å². The summed E-state index contributed by atoms with van der Waals surface area (Å²) in [6, 6.07) is 4.07. The molecule has 0 radical (unpaired) electrons. The SMILES string of the molecule is CCCC1CCC(CCC2CCC(OC(=O)c3ccc(Cl)cc3OC(F)F)CC2)CC1. The number of halogens is 3. The van der Waals surface area contributed by atoms with Crippen molar-refractivity contribution in [3.05, 3.63) is 28.8 Å². The Morgan fingerprint density at radius 1 is 0.968 bits per heavy atom. The highest BCUT2D eigenvalue weighted by molar-refractivity contribution is 6.30. The van der Waals surface area contributed by atoms with Crippen LogP contribution in [0.25, 0.3) is 0 Å². The van der Waals surface area contributed by atoms with Crippen LogP contribution in [0.5, 0.6) is 5.75 Å². The van der Waals surface area contributed by atoms with E-state index in [1.54, 1.807) is 0 Å². The molecule has 0 spiro atoms. The van der Waals surface area contributed by atoms with Gasteiger partial charge in [-0.2, -0.15) is 8.78 Å². The number of hydrogen-bond donors (Lipinski definition) is 0. The first-order valence-corrected chi connectivity index (χ1v) is 12.3. The van der Waals surface area contributed by atoms with Crippen LogP contribution in [0.4, 0.5) is 8.78 Å². The van der Waals surface area contributed by atoms with Crippen molar-refractivity contribution in [2.75, 3.05) is 0 Å². The minimum atomic E-state index is -3.03. The summed E-state index contributed by atoms with van der Waals surface area (Å²) in [6.45, 7) is -0.743. The highest BCUT2D eigenvalue weighted by Crippen LogP contribution is 2.37. The van der Waals surface area contributed by atoms with Gasteiger partial charge >= 0.3 is 12.6 Å². The van der Waals surface area contributed by atoms with Crippen LogP contribution >= 0.6 is 11.6 Å². The number of benzene rings is 1. The molecule has 1 aromatic rings. The molecule has 3 rings (SSSR count). The maximum absolute atomic E-state index is 12.6. The molecule has 0 saturated heterocycles. The second-order valence-electron chi connectivity index (χ2n) is 9.32. The van der Waals surface area contributed by atoms with Crippen LogP contribution in [0.3, 0.4) is 0 Å². The second kappa shape index (κ2) is 12.0. The quantitative estimate of drug-likeness (QED) is 0.352. The zero-order valence-corrected chi connectivity index (χ0v) is 19.2. The summed E-state index contributed by atoms with van der Waals surface area (Å²) >= 11 is 5.84. The summed E-state index contributed by atoms with van der Waals surface area (Å²) < 4.78 is 35.3. The van der Waals surface area contributed by atoms with E-state index in [0.29, 0.717) is 5.92 Å². The zero-order chi connectivity index (χ0) is 22.2. The van der Waals surface area contributed by atoms with E-state index in [-0.39, 0.29) is 22.4 Å². The van der Waals surface area contributed by atoms with Crippen molar-refractivity contribution in [1.82, 2.24) is 0 Å². The summed E-state index contributed by atoms with van der Waals surface area (Å²) in [5.41, 5.74) is -0.00880. The number of rotatable bonds is 9. The van der Waals surface area contributed by atoms with Crippen molar-refractivity contribution >= 4 is 17.6 Å². The summed E-state index contributed by atoms with van der Waals surface area (Å²) in [6.07, 6.45) is 14.5. The van der Waals surface area contributed by atoms with E-state index >= 15 is 0 Å². The topological polar surface area (TPSA) is 35.5 Å². The fourth-order valence-corrected chi connectivity index (χ4v) is 5.46. The van der Waals surface area contributed by atoms with E-state index in [1.807, 2.05) is 0 Å². The Bertz CT molecular complexity index is 696. The Balaban J connectivity index is 1.40. The molecule has 0 aliphatic heterocycles. The van der Waals surface area contributed by atoms with E-state index in [9.17, 15) is 13.6 Å². The Hall–Kier alpha value is -1.36. The molecule has 2 fully saturated rings. The highest BCUT2D eigenvalue weighted by atomic mass is 35.5. The van der Waals surface area contributed by atoms with Gasteiger partial charge in [-0.05, 0) is 61.6 Å². The Kier molecular flexibility index (Phi) is 9.43. The lowest BCUT2D eigenvalue weighted by atomic mass is 9.76. The lowest BCUT2D eigenvalue weighted by Crippen LogP contribution is -2.25. The van der Waals surface area contributed by atoms with Crippen molar-refractivity contribution in [1.29, 1.82) is 0 Å². The molecule has 2 aliphatic rings. The maximum Gasteiger partial charge on any atom is 0.387 e. The molecule has 1 aromatic carbocycles. The predicted octanol–water partition coefficient (Wildman–Crippen LogP) is 8.04. The fourth-order valence-electron chi connectivity index (χ4n) is 5.30.